The van der Waals surface area contributed by atoms with Gasteiger partial charge in [-0.05, 0) is 60.7 Å². The quantitative estimate of drug-likeness (QED) is 0.0893. The summed E-state index contributed by atoms with van der Waals surface area (Å²) in [5.74, 6) is -58.7. The second kappa shape index (κ2) is 17.1. The fourth-order valence-corrected chi connectivity index (χ4v) is 5.77. The zero-order valence-corrected chi connectivity index (χ0v) is 31.8. The topological polar surface area (TPSA) is 168 Å². The molecule has 376 valence electrons. The van der Waals surface area contributed by atoms with E-state index in [1.165, 1.54) is 0 Å². The van der Waals surface area contributed by atoms with Crippen LogP contribution in [0.3, 0.4) is 0 Å². The van der Waals surface area contributed by atoms with Gasteiger partial charge in [0.2, 0.25) is 0 Å². The lowest BCUT2D eigenvalue weighted by Gasteiger charge is -2.40. The highest BCUT2D eigenvalue weighted by Crippen LogP contribution is 2.63. The summed E-state index contributed by atoms with van der Waals surface area (Å²) in [5.41, 5.74) is -26.4. The Bertz CT molecular complexity index is 2480. The molecule has 0 saturated heterocycles. The lowest BCUT2D eigenvalue weighted by molar-refractivity contribution is -0.407. The summed E-state index contributed by atoms with van der Waals surface area (Å²) in [6, 6.07) is -6.13. The number of alkyl halides is 22. The van der Waals surface area contributed by atoms with Crippen LogP contribution in [-0.2, 0) is 36.6 Å². The molecule has 0 radical (unpaired) electrons. The summed E-state index contributed by atoms with van der Waals surface area (Å²) in [6.45, 7) is 0. The van der Waals surface area contributed by atoms with Crippen LogP contribution in [0.4, 0.5) is 96.6 Å². The number of carbonyl (C=O) groups is 4. The number of hydrogen-bond acceptors (Lipinski definition) is 6. The molecule has 0 unspecified atom stereocenters. The molecule has 4 rings (SSSR count). The van der Waals surface area contributed by atoms with E-state index in [-0.39, 0.29) is 36.4 Å². The molecule has 0 bridgehead atoms. The molecule has 4 N–H and O–H groups in total. The van der Waals surface area contributed by atoms with Gasteiger partial charge in [0.25, 0.3) is 0 Å². The number of ether oxygens (including phenoxy) is 2. The highest BCUT2D eigenvalue weighted by atomic mass is 19.4. The Morgan fingerprint density at radius 1 is 0.333 bits per heavy atom. The summed E-state index contributed by atoms with van der Waals surface area (Å²) in [4.78, 5) is 45.4. The summed E-state index contributed by atoms with van der Waals surface area (Å²) < 4.78 is 332. The predicted octanol–water partition coefficient (Wildman–Crippen LogP) is 12.9. The Morgan fingerprint density at radius 3 is 0.768 bits per heavy atom. The standard InChI is InChI=1S/C37H14F22O10/c38-29(39,11-5-19(31(42,43)44)23(20(6-11)32(45,46)47)68-13-1-3-15(25(60)61)17(9-13)27(64)65)35(54,55)37(58,59)36(56,57)30(40,41)12-7-21(33(48,49)50)24(22(8-12)34(51,52)53)69-14-2-4-16(26(62)63)18(10-14)28(66)67/h1-10H,(H,60,61)(H,62,63)(H,64,65)(H,66,67). The Hall–Kier alpha value is -7.18. The van der Waals surface area contributed by atoms with Crippen LogP contribution >= 0.6 is 0 Å². The van der Waals surface area contributed by atoms with E-state index in [4.69, 9.17) is 10.2 Å². The largest absolute Gasteiger partial charge is 0.478 e. The molecule has 0 atom stereocenters. The van der Waals surface area contributed by atoms with E-state index in [1.807, 2.05) is 0 Å². The van der Waals surface area contributed by atoms with Crippen LogP contribution in [0.25, 0.3) is 0 Å². The van der Waals surface area contributed by atoms with Gasteiger partial charge in [0.05, 0.1) is 44.5 Å². The zero-order valence-electron chi connectivity index (χ0n) is 31.8. The van der Waals surface area contributed by atoms with Crippen LogP contribution in [0.1, 0.15) is 74.8 Å². The van der Waals surface area contributed by atoms with Crippen molar-refractivity contribution in [3.63, 3.8) is 0 Å². The molecule has 4 aromatic carbocycles. The molecule has 0 aliphatic rings. The first-order valence-corrected chi connectivity index (χ1v) is 17.0. The fraction of sp³-hybridized carbons (Fsp3) is 0.243. The minimum Gasteiger partial charge on any atom is -0.478 e. The van der Waals surface area contributed by atoms with E-state index < -0.39 is 181 Å². The Morgan fingerprint density at radius 2 is 0.565 bits per heavy atom. The van der Waals surface area contributed by atoms with Crippen LogP contribution in [-0.4, -0.2) is 62.1 Å². The van der Waals surface area contributed by atoms with Gasteiger partial charge >= 0.3 is 78.2 Å². The molecule has 0 fully saturated rings. The van der Waals surface area contributed by atoms with Gasteiger partial charge in [-0.3, -0.25) is 0 Å². The van der Waals surface area contributed by atoms with Crippen molar-refractivity contribution in [3.05, 3.63) is 116 Å². The van der Waals surface area contributed by atoms with Crippen molar-refractivity contribution in [2.24, 2.45) is 0 Å². The van der Waals surface area contributed by atoms with Gasteiger partial charge < -0.3 is 29.9 Å². The van der Waals surface area contributed by atoms with Crippen LogP contribution < -0.4 is 9.47 Å². The van der Waals surface area contributed by atoms with Crippen LogP contribution in [0, 0.1) is 0 Å². The molecule has 0 amide bonds. The number of hydrogen-bond donors (Lipinski definition) is 4. The molecule has 4 aromatic rings. The Kier molecular flexibility index (Phi) is 13.5. The number of halogens is 22. The normalized spacial score (nSPS) is 13.5. The molecule has 0 saturated carbocycles. The van der Waals surface area contributed by atoms with Gasteiger partial charge in [-0.25, -0.2) is 19.2 Å². The first-order chi connectivity index (χ1) is 30.8. The van der Waals surface area contributed by atoms with Crippen molar-refractivity contribution in [1.82, 2.24) is 0 Å². The van der Waals surface area contributed by atoms with E-state index in [0.29, 0.717) is 0 Å². The van der Waals surface area contributed by atoms with E-state index >= 15 is 43.9 Å². The highest BCUT2D eigenvalue weighted by Gasteiger charge is 2.87. The van der Waals surface area contributed by atoms with Gasteiger partial charge in [-0.15, -0.1) is 0 Å². The predicted molar refractivity (Wildman–Crippen MR) is 176 cm³/mol. The average Bonchev–Trinajstić information content (AvgIpc) is 3.18. The number of rotatable bonds is 14. The third kappa shape index (κ3) is 9.76. The van der Waals surface area contributed by atoms with E-state index in [2.05, 4.69) is 9.47 Å². The summed E-state index contributed by atoms with van der Waals surface area (Å²) in [7, 11) is 0. The van der Waals surface area contributed by atoms with Gasteiger partial charge in [0.15, 0.2) is 11.5 Å². The minimum absolute atomic E-state index is 0.0973. The minimum atomic E-state index is -8.69. The number of benzene rings is 4. The first-order valence-electron chi connectivity index (χ1n) is 17.0. The van der Waals surface area contributed by atoms with Crippen molar-refractivity contribution in [2.45, 2.75) is 54.3 Å². The van der Waals surface area contributed by atoms with Crippen LogP contribution in [0.5, 0.6) is 23.0 Å². The number of carboxylic acids is 4. The molecule has 0 heterocycles. The van der Waals surface area contributed by atoms with Crippen molar-refractivity contribution >= 4 is 23.9 Å². The van der Waals surface area contributed by atoms with Gasteiger partial charge in [0, 0.05) is 11.1 Å². The van der Waals surface area contributed by atoms with E-state index in [0.717, 1.165) is 0 Å². The fourth-order valence-electron chi connectivity index (χ4n) is 5.77. The second-order valence-electron chi connectivity index (χ2n) is 13.5. The van der Waals surface area contributed by atoms with Crippen LogP contribution in [0.15, 0.2) is 60.7 Å². The lowest BCUT2D eigenvalue weighted by atomic mass is 9.86. The average molecular weight is 1040 g/mol. The highest BCUT2D eigenvalue weighted by molar-refractivity contribution is 6.02. The first kappa shape index (κ1) is 54.4. The lowest BCUT2D eigenvalue weighted by Crippen LogP contribution is -2.65. The molecule has 10 nitrogen and oxygen atoms in total. The SMILES string of the molecule is O=C(O)c1ccc(Oc2c(C(F)(F)F)cc(C(F)(F)C(F)(F)C(F)(F)C(F)(F)C(F)(F)c3cc(C(F)(F)F)c(Oc4ccc(C(=O)O)c(C(=O)O)c4)c(C(F)(F)F)c3)cc2C(F)(F)F)cc1C(=O)O. The molecule has 69 heavy (non-hydrogen) atoms. The molecule has 32 heteroatoms. The molecule has 0 aliphatic heterocycles. The van der Waals surface area contributed by atoms with Crippen molar-refractivity contribution in [3.8, 4) is 23.0 Å². The molecular weight excluding hydrogens is 1020 g/mol. The molecule has 0 aliphatic carbocycles. The maximum atomic E-state index is 15.5. The summed E-state index contributed by atoms with van der Waals surface area (Å²) in [5, 5.41) is 36.5. The smallest absolute Gasteiger partial charge is 0.420 e. The monoisotopic (exact) mass is 1040 g/mol. The number of carboxylic acid groups (broad SMARTS) is 4. The van der Waals surface area contributed by atoms with Gasteiger partial charge in [0.1, 0.15) is 11.5 Å². The molecular formula is C37H14F22O10. The molecule has 0 aromatic heterocycles. The maximum Gasteiger partial charge on any atom is 0.420 e. The Labute approximate surface area is 363 Å². The van der Waals surface area contributed by atoms with Gasteiger partial charge in [-0.2, -0.15) is 96.6 Å². The summed E-state index contributed by atoms with van der Waals surface area (Å²) in [6.07, 6.45) is -26.6. The second-order valence-corrected chi connectivity index (χ2v) is 13.5. The molecule has 0 spiro atoms. The van der Waals surface area contributed by atoms with Crippen molar-refractivity contribution in [2.75, 3.05) is 0 Å². The van der Waals surface area contributed by atoms with Crippen LogP contribution in [0.2, 0.25) is 0 Å². The van der Waals surface area contributed by atoms with Gasteiger partial charge in [-0.1, -0.05) is 0 Å². The number of aromatic carboxylic acids is 4. The zero-order chi connectivity index (χ0) is 53.4. The third-order valence-corrected chi connectivity index (χ3v) is 9.05. The maximum absolute atomic E-state index is 15.5. The Balaban J connectivity index is 1.97. The van der Waals surface area contributed by atoms with E-state index in [9.17, 15) is 82.1 Å². The third-order valence-electron chi connectivity index (χ3n) is 9.05. The summed E-state index contributed by atoms with van der Waals surface area (Å²) >= 11 is 0. The van der Waals surface area contributed by atoms with E-state index in [1.54, 1.807) is 0 Å². The van der Waals surface area contributed by atoms with Crippen molar-refractivity contribution < 1.29 is 146 Å². The van der Waals surface area contributed by atoms with Crippen molar-refractivity contribution in [1.29, 1.82) is 0 Å².